The Balaban J connectivity index is 2.17. The second-order valence-electron chi connectivity index (χ2n) is 3.30. The molecule has 0 fully saturated rings. The second-order valence-corrected chi connectivity index (χ2v) is 3.30. The predicted molar refractivity (Wildman–Crippen MR) is 58.6 cm³/mol. The number of aromatic nitrogens is 1. The largest absolute Gasteiger partial charge is 0.396 e. The fraction of sp³-hybridized carbons (Fsp3) is 0.182. The van der Waals surface area contributed by atoms with Crippen LogP contribution < -0.4 is 5.32 Å². The third-order valence-corrected chi connectivity index (χ3v) is 2.18. The van der Waals surface area contributed by atoms with Crippen molar-refractivity contribution in [2.24, 2.45) is 0 Å². The predicted octanol–water partition coefficient (Wildman–Crippen LogP) is 1.49. The van der Waals surface area contributed by atoms with E-state index in [9.17, 15) is 4.79 Å². The lowest BCUT2D eigenvalue weighted by Crippen LogP contribution is -2.12. The van der Waals surface area contributed by atoms with Crippen molar-refractivity contribution in [1.29, 1.82) is 0 Å². The van der Waals surface area contributed by atoms with E-state index in [0.29, 0.717) is 0 Å². The molecule has 0 atom stereocenters. The van der Waals surface area contributed by atoms with Gasteiger partial charge in [0, 0.05) is 17.4 Å². The quantitative estimate of drug-likeness (QED) is 0.709. The Morgan fingerprint density at radius 3 is 3.07 bits per heavy atom. The molecule has 2 aromatic rings. The normalized spacial score (nSPS) is 10.5. The maximum Gasteiger partial charge on any atom is 0.226 e. The topological polar surface area (TPSA) is 65.1 Å². The molecule has 1 heterocycles. The van der Waals surface area contributed by atoms with Crippen LogP contribution in [0, 0.1) is 0 Å². The Hall–Kier alpha value is -1.81. The highest BCUT2D eigenvalue weighted by atomic mass is 16.3. The Kier molecular flexibility index (Phi) is 2.69. The Labute approximate surface area is 86.9 Å². The van der Waals surface area contributed by atoms with Gasteiger partial charge in [0.2, 0.25) is 5.91 Å². The van der Waals surface area contributed by atoms with Crippen molar-refractivity contribution in [2.45, 2.75) is 6.42 Å². The summed E-state index contributed by atoms with van der Waals surface area (Å²) >= 11 is 0. The van der Waals surface area contributed by atoms with E-state index in [1.54, 1.807) is 0 Å². The summed E-state index contributed by atoms with van der Waals surface area (Å²) in [4.78, 5) is 14.3. The highest BCUT2D eigenvalue weighted by molar-refractivity contribution is 5.93. The van der Waals surface area contributed by atoms with Crippen molar-refractivity contribution in [1.82, 2.24) is 4.98 Å². The van der Waals surface area contributed by atoms with Crippen LogP contribution in [0.1, 0.15) is 6.42 Å². The summed E-state index contributed by atoms with van der Waals surface area (Å²) < 4.78 is 0. The number of carbonyl (C=O) groups excluding carboxylic acids is 1. The summed E-state index contributed by atoms with van der Waals surface area (Å²) in [6, 6.07) is 7.60. The van der Waals surface area contributed by atoms with Gasteiger partial charge in [-0.1, -0.05) is 6.07 Å². The monoisotopic (exact) mass is 204 g/mol. The fourth-order valence-corrected chi connectivity index (χ4v) is 1.45. The molecule has 0 unspecified atom stereocenters. The van der Waals surface area contributed by atoms with Crippen LogP contribution >= 0.6 is 0 Å². The number of fused-ring (bicyclic) bond motifs is 1. The molecule has 0 saturated carbocycles. The summed E-state index contributed by atoms with van der Waals surface area (Å²) in [7, 11) is 0. The van der Waals surface area contributed by atoms with Crippen LogP contribution in [0.25, 0.3) is 10.9 Å². The van der Waals surface area contributed by atoms with Crippen LogP contribution in [0.3, 0.4) is 0 Å². The Morgan fingerprint density at radius 1 is 1.40 bits per heavy atom. The van der Waals surface area contributed by atoms with Crippen LogP contribution in [-0.4, -0.2) is 22.6 Å². The number of nitrogens with one attached hydrogen (secondary N) is 2. The van der Waals surface area contributed by atoms with Crippen LogP contribution in [0.15, 0.2) is 30.5 Å². The molecule has 4 heteroatoms. The molecule has 0 saturated heterocycles. The molecule has 0 aliphatic carbocycles. The van der Waals surface area contributed by atoms with Gasteiger partial charge < -0.3 is 15.4 Å². The molecular weight excluding hydrogens is 192 g/mol. The van der Waals surface area contributed by atoms with E-state index in [1.807, 2.05) is 30.5 Å². The molecule has 0 bridgehead atoms. The number of aromatic amines is 1. The maximum absolute atomic E-state index is 11.2. The number of hydrogen-bond acceptors (Lipinski definition) is 2. The van der Waals surface area contributed by atoms with Gasteiger partial charge in [0.05, 0.1) is 13.0 Å². The standard InChI is InChI=1S/C11H12N2O2/c14-6-4-11(15)13-9-2-1-8-3-5-12-10(8)7-9/h1-3,5,7,12,14H,4,6H2,(H,13,15). The first-order valence-corrected chi connectivity index (χ1v) is 4.77. The molecule has 15 heavy (non-hydrogen) atoms. The number of anilines is 1. The van der Waals surface area contributed by atoms with Gasteiger partial charge in [0.25, 0.3) is 0 Å². The number of amides is 1. The molecule has 0 spiro atoms. The van der Waals surface area contributed by atoms with Gasteiger partial charge in [0.1, 0.15) is 0 Å². The highest BCUT2D eigenvalue weighted by Crippen LogP contribution is 2.17. The van der Waals surface area contributed by atoms with Gasteiger partial charge in [-0.25, -0.2) is 0 Å². The summed E-state index contributed by atoms with van der Waals surface area (Å²) in [6.45, 7) is -0.128. The van der Waals surface area contributed by atoms with E-state index in [4.69, 9.17) is 5.11 Å². The van der Waals surface area contributed by atoms with E-state index in [0.717, 1.165) is 16.6 Å². The average molecular weight is 204 g/mol. The molecule has 0 aliphatic heterocycles. The molecule has 1 aromatic heterocycles. The molecule has 0 radical (unpaired) electrons. The van der Waals surface area contributed by atoms with Crippen molar-refractivity contribution in [3.05, 3.63) is 30.5 Å². The van der Waals surface area contributed by atoms with Gasteiger partial charge in [0.15, 0.2) is 0 Å². The van der Waals surface area contributed by atoms with Gasteiger partial charge in [-0.2, -0.15) is 0 Å². The molecule has 3 N–H and O–H groups in total. The smallest absolute Gasteiger partial charge is 0.226 e. The second kappa shape index (κ2) is 4.14. The van der Waals surface area contributed by atoms with E-state index in [1.165, 1.54) is 0 Å². The molecule has 2 rings (SSSR count). The number of aliphatic hydroxyl groups excluding tert-OH is 1. The zero-order valence-corrected chi connectivity index (χ0v) is 8.16. The molecule has 1 aromatic carbocycles. The third kappa shape index (κ3) is 2.16. The average Bonchev–Trinajstić information content (AvgIpc) is 2.65. The van der Waals surface area contributed by atoms with Crippen LogP contribution in [0.5, 0.6) is 0 Å². The van der Waals surface area contributed by atoms with E-state index < -0.39 is 0 Å². The maximum atomic E-state index is 11.2. The van der Waals surface area contributed by atoms with Gasteiger partial charge in [-0.3, -0.25) is 4.79 Å². The first-order chi connectivity index (χ1) is 7.29. The van der Waals surface area contributed by atoms with Crippen LogP contribution in [0.4, 0.5) is 5.69 Å². The molecule has 4 nitrogen and oxygen atoms in total. The summed E-state index contributed by atoms with van der Waals surface area (Å²) in [6.07, 6.45) is 1.98. The van der Waals surface area contributed by atoms with Crippen molar-refractivity contribution in [3.8, 4) is 0 Å². The first-order valence-electron chi connectivity index (χ1n) is 4.77. The van der Waals surface area contributed by atoms with Gasteiger partial charge in [-0.05, 0) is 23.6 Å². The zero-order valence-electron chi connectivity index (χ0n) is 8.16. The molecule has 78 valence electrons. The lowest BCUT2D eigenvalue weighted by atomic mass is 10.2. The number of H-pyrrole nitrogens is 1. The Bertz CT molecular complexity index is 476. The minimum absolute atomic E-state index is 0.128. The zero-order chi connectivity index (χ0) is 10.7. The molecule has 1 amide bonds. The molecular formula is C11H12N2O2. The van der Waals surface area contributed by atoms with Crippen LogP contribution in [0.2, 0.25) is 0 Å². The number of rotatable bonds is 3. The fourth-order valence-electron chi connectivity index (χ4n) is 1.45. The Morgan fingerprint density at radius 2 is 2.27 bits per heavy atom. The minimum Gasteiger partial charge on any atom is -0.396 e. The van der Waals surface area contributed by atoms with E-state index in [2.05, 4.69) is 10.3 Å². The van der Waals surface area contributed by atoms with E-state index >= 15 is 0 Å². The third-order valence-electron chi connectivity index (χ3n) is 2.18. The van der Waals surface area contributed by atoms with Crippen molar-refractivity contribution in [2.75, 3.05) is 11.9 Å². The summed E-state index contributed by atoms with van der Waals surface area (Å²) in [5.74, 6) is -0.177. The van der Waals surface area contributed by atoms with E-state index in [-0.39, 0.29) is 18.9 Å². The van der Waals surface area contributed by atoms with Crippen molar-refractivity contribution in [3.63, 3.8) is 0 Å². The molecule has 0 aliphatic rings. The lowest BCUT2D eigenvalue weighted by molar-refractivity contribution is -0.116. The minimum atomic E-state index is -0.177. The lowest BCUT2D eigenvalue weighted by Gasteiger charge is -2.03. The number of hydrogen-bond donors (Lipinski definition) is 3. The number of aliphatic hydroxyl groups is 1. The summed E-state index contributed by atoms with van der Waals surface area (Å²) in [5.41, 5.74) is 1.72. The number of carbonyl (C=O) groups is 1. The SMILES string of the molecule is O=C(CCO)Nc1ccc2cc[nH]c2c1. The first kappa shape index (κ1) is 9.73. The highest BCUT2D eigenvalue weighted by Gasteiger charge is 2.02. The van der Waals surface area contributed by atoms with Gasteiger partial charge >= 0.3 is 0 Å². The van der Waals surface area contributed by atoms with Crippen molar-refractivity contribution < 1.29 is 9.90 Å². The van der Waals surface area contributed by atoms with Crippen LogP contribution in [-0.2, 0) is 4.79 Å². The van der Waals surface area contributed by atoms with Crippen molar-refractivity contribution >= 4 is 22.5 Å². The number of benzene rings is 1. The summed E-state index contributed by atoms with van der Waals surface area (Å²) in [5, 5.41) is 12.4. The van der Waals surface area contributed by atoms with Gasteiger partial charge in [-0.15, -0.1) is 0 Å².